The molecular formula is C19H19ClN2O4S3. The van der Waals surface area contributed by atoms with Gasteiger partial charge in [-0.25, -0.2) is 13.4 Å². The van der Waals surface area contributed by atoms with Crippen molar-refractivity contribution in [3.05, 3.63) is 53.1 Å². The maximum Gasteiger partial charge on any atom is 0.322 e. The maximum absolute atomic E-state index is 12.6. The topological polar surface area (TPSA) is 96.4 Å². The quantitative estimate of drug-likeness (QED) is 0.466. The molecule has 0 saturated heterocycles. The van der Waals surface area contributed by atoms with Crippen LogP contribution in [0.15, 0.2) is 51.7 Å². The van der Waals surface area contributed by atoms with Crippen molar-refractivity contribution in [2.45, 2.75) is 34.9 Å². The number of carboxylic acids is 1. The van der Waals surface area contributed by atoms with Gasteiger partial charge in [0.15, 0.2) is 4.34 Å². The van der Waals surface area contributed by atoms with E-state index in [1.165, 1.54) is 23.5 Å². The third kappa shape index (κ3) is 5.49. The van der Waals surface area contributed by atoms with Crippen molar-refractivity contribution in [2.24, 2.45) is 5.92 Å². The maximum atomic E-state index is 12.6. The lowest BCUT2D eigenvalue weighted by Gasteiger charge is -2.17. The summed E-state index contributed by atoms with van der Waals surface area (Å²) in [4.78, 5) is 15.9. The number of aliphatic carboxylic acids is 1. The lowest BCUT2D eigenvalue weighted by molar-refractivity contribution is -0.140. The zero-order chi connectivity index (χ0) is 21.2. The average molecular weight is 471 g/mol. The molecule has 0 spiro atoms. The van der Waals surface area contributed by atoms with E-state index >= 15 is 0 Å². The van der Waals surface area contributed by atoms with Gasteiger partial charge in [-0.3, -0.25) is 4.79 Å². The van der Waals surface area contributed by atoms with Gasteiger partial charge < -0.3 is 5.11 Å². The average Bonchev–Trinajstić information content (AvgIpc) is 3.07. The second kappa shape index (κ2) is 9.01. The summed E-state index contributed by atoms with van der Waals surface area (Å²) >= 11 is 8.85. The molecule has 1 heterocycles. The molecule has 154 valence electrons. The number of thiazole rings is 1. The van der Waals surface area contributed by atoms with Crippen molar-refractivity contribution >= 4 is 60.9 Å². The van der Waals surface area contributed by atoms with Crippen LogP contribution in [0.2, 0.25) is 5.02 Å². The van der Waals surface area contributed by atoms with Crippen LogP contribution < -0.4 is 4.72 Å². The molecule has 0 unspecified atom stereocenters. The molecule has 0 aliphatic heterocycles. The number of carboxylic acid groups (broad SMARTS) is 1. The van der Waals surface area contributed by atoms with E-state index < -0.39 is 22.0 Å². The van der Waals surface area contributed by atoms with E-state index in [0.717, 1.165) is 20.4 Å². The van der Waals surface area contributed by atoms with Crippen molar-refractivity contribution in [1.29, 1.82) is 0 Å². The van der Waals surface area contributed by atoms with Crippen molar-refractivity contribution in [1.82, 2.24) is 9.71 Å². The number of halogens is 1. The number of rotatable bonds is 8. The van der Waals surface area contributed by atoms with Crippen molar-refractivity contribution in [2.75, 3.05) is 0 Å². The van der Waals surface area contributed by atoms with Gasteiger partial charge in [0, 0.05) is 10.8 Å². The SMILES string of the molecule is CC(C)[C@@H](NS(=O)(=O)c1ccc2nc(SCc3ccc(Cl)cc3)sc2c1)C(=O)O. The van der Waals surface area contributed by atoms with Gasteiger partial charge in [-0.1, -0.05) is 49.3 Å². The first-order valence-electron chi connectivity index (χ1n) is 8.68. The van der Waals surface area contributed by atoms with Crippen LogP contribution in [0.3, 0.4) is 0 Å². The Morgan fingerprint density at radius 1 is 1.24 bits per heavy atom. The van der Waals surface area contributed by atoms with Crippen molar-refractivity contribution in [3.63, 3.8) is 0 Å². The second-order valence-electron chi connectivity index (χ2n) is 6.71. The van der Waals surface area contributed by atoms with E-state index in [9.17, 15) is 18.3 Å². The van der Waals surface area contributed by atoms with E-state index in [-0.39, 0.29) is 10.8 Å². The molecular weight excluding hydrogens is 452 g/mol. The fourth-order valence-corrected chi connectivity index (χ4v) is 6.17. The third-order valence-corrected chi connectivity index (χ3v) is 8.06. The smallest absolute Gasteiger partial charge is 0.322 e. The summed E-state index contributed by atoms with van der Waals surface area (Å²) in [6, 6.07) is 11.0. The largest absolute Gasteiger partial charge is 0.480 e. The number of nitrogens with one attached hydrogen (secondary N) is 1. The predicted molar refractivity (Wildman–Crippen MR) is 117 cm³/mol. The molecule has 6 nitrogen and oxygen atoms in total. The Morgan fingerprint density at radius 3 is 2.55 bits per heavy atom. The van der Waals surface area contributed by atoms with Gasteiger partial charge in [-0.2, -0.15) is 4.72 Å². The van der Waals surface area contributed by atoms with Gasteiger partial charge in [0.05, 0.1) is 15.1 Å². The molecule has 0 saturated carbocycles. The highest BCUT2D eigenvalue weighted by Gasteiger charge is 2.28. The zero-order valence-electron chi connectivity index (χ0n) is 15.6. The number of hydrogen-bond donors (Lipinski definition) is 2. The monoisotopic (exact) mass is 470 g/mol. The molecule has 0 aliphatic carbocycles. The third-order valence-electron chi connectivity index (χ3n) is 4.14. The van der Waals surface area contributed by atoms with Gasteiger partial charge in [0.25, 0.3) is 0 Å². The van der Waals surface area contributed by atoms with Crippen LogP contribution in [0.4, 0.5) is 0 Å². The van der Waals surface area contributed by atoms with E-state index in [1.54, 1.807) is 31.7 Å². The van der Waals surface area contributed by atoms with Crippen molar-refractivity contribution < 1.29 is 18.3 Å². The van der Waals surface area contributed by atoms with Crippen molar-refractivity contribution in [3.8, 4) is 0 Å². The molecule has 0 amide bonds. The molecule has 0 aliphatic rings. The number of thioether (sulfide) groups is 1. The fraction of sp³-hybridized carbons (Fsp3) is 0.263. The Bertz CT molecular complexity index is 1130. The second-order valence-corrected chi connectivity index (χ2v) is 11.1. The Balaban J connectivity index is 1.79. The summed E-state index contributed by atoms with van der Waals surface area (Å²) in [5, 5.41) is 9.94. The molecule has 1 atom stereocenters. The highest BCUT2D eigenvalue weighted by atomic mass is 35.5. The summed E-state index contributed by atoms with van der Waals surface area (Å²) in [5.74, 6) is -0.869. The van der Waals surface area contributed by atoms with Gasteiger partial charge >= 0.3 is 5.97 Å². The van der Waals surface area contributed by atoms with Gasteiger partial charge in [-0.05, 0) is 41.8 Å². The lowest BCUT2D eigenvalue weighted by Crippen LogP contribution is -2.44. The molecule has 0 bridgehead atoms. The highest BCUT2D eigenvalue weighted by molar-refractivity contribution is 8.00. The first-order valence-corrected chi connectivity index (χ1v) is 12.3. The Labute approximate surface area is 182 Å². The minimum Gasteiger partial charge on any atom is -0.480 e. The van der Waals surface area contributed by atoms with Gasteiger partial charge in [0.2, 0.25) is 10.0 Å². The Kier molecular flexibility index (Phi) is 6.85. The zero-order valence-corrected chi connectivity index (χ0v) is 18.8. The minimum absolute atomic E-state index is 0.0230. The van der Waals surface area contributed by atoms with Crippen LogP contribution in [0.25, 0.3) is 10.2 Å². The number of aromatic nitrogens is 1. The number of sulfonamides is 1. The summed E-state index contributed by atoms with van der Waals surface area (Å²) in [7, 11) is -3.96. The van der Waals surface area contributed by atoms with Crippen LogP contribution in [0, 0.1) is 5.92 Å². The number of benzene rings is 2. The molecule has 2 N–H and O–H groups in total. The van der Waals surface area contributed by atoms with Gasteiger partial charge in [0.1, 0.15) is 6.04 Å². The molecule has 2 aromatic carbocycles. The molecule has 3 aromatic rings. The van der Waals surface area contributed by atoms with Crippen LogP contribution in [0.5, 0.6) is 0 Å². The Morgan fingerprint density at radius 2 is 1.93 bits per heavy atom. The molecule has 0 fully saturated rings. The number of carbonyl (C=O) groups is 1. The normalized spacial score (nSPS) is 13.1. The highest BCUT2D eigenvalue weighted by Crippen LogP contribution is 2.33. The molecule has 10 heteroatoms. The number of hydrogen-bond acceptors (Lipinski definition) is 6. The van der Waals surface area contributed by atoms with Crippen LogP contribution >= 0.6 is 34.7 Å². The van der Waals surface area contributed by atoms with Crippen LogP contribution in [-0.2, 0) is 20.6 Å². The number of fused-ring (bicyclic) bond motifs is 1. The fourth-order valence-electron chi connectivity index (χ4n) is 2.55. The lowest BCUT2D eigenvalue weighted by atomic mass is 10.1. The standard InChI is InChI=1S/C19H19ClN2O4S3/c1-11(2)17(18(23)24)22-29(25,26)14-7-8-15-16(9-14)28-19(21-15)27-10-12-3-5-13(20)6-4-12/h3-9,11,17,22H,10H2,1-2H3,(H,23,24)/t17-/m1/s1. The summed E-state index contributed by atoms with van der Waals surface area (Å²) in [6.45, 7) is 3.30. The van der Waals surface area contributed by atoms with E-state index in [0.29, 0.717) is 10.5 Å². The summed E-state index contributed by atoms with van der Waals surface area (Å²) in [5.41, 5.74) is 1.81. The molecule has 3 rings (SSSR count). The van der Waals surface area contributed by atoms with Gasteiger partial charge in [-0.15, -0.1) is 11.3 Å². The molecule has 0 radical (unpaired) electrons. The molecule has 29 heavy (non-hydrogen) atoms. The summed E-state index contributed by atoms with van der Waals surface area (Å²) in [6.07, 6.45) is 0. The first kappa shape index (κ1) is 22.0. The summed E-state index contributed by atoms with van der Waals surface area (Å²) < 4.78 is 29.1. The van der Waals surface area contributed by atoms with Crippen LogP contribution in [-0.4, -0.2) is 30.5 Å². The first-order chi connectivity index (χ1) is 13.7. The predicted octanol–water partition coefficient (Wildman–Crippen LogP) is 4.63. The minimum atomic E-state index is -3.96. The Hall–Kier alpha value is -1.65. The van der Waals surface area contributed by atoms with E-state index in [4.69, 9.17) is 11.6 Å². The number of nitrogens with zero attached hydrogens (tertiary/aromatic N) is 1. The van der Waals surface area contributed by atoms with Crippen LogP contribution in [0.1, 0.15) is 19.4 Å². The van der Waals surface area contributed by atoms with E-state index in [1.807, 2.05) is 24.3 Å². The van der Waals surface area contributed by atoms with E-state index in [2.05, 4.69) is 9.71 Å². The molecule has 1 aromatic heterocycles.